The van der Waals surface area contributed by atoms with E-state index < -0.39 is 52.3 Å². The largest absolute Gasteiger partial charge is 0.416 e. The Kier molecular flexibility index (Phi) is 4.34. The molecule has 1 spiro atoms. The van der Waals surface area contributed by atoms with E-state index in [9.17, 15) is 27.6 Å². The van der Waals surface area contributed by atoms with Gasteiger partial charge in [-0.3, -0.25) is 14.4 Å². The molecular formula is C23H15Cl2F3N2O4. The monoisotopic (exact) mass is 510 g/mol. The highest BCUT2D eigenvalue weighted by Gasteiger charge is 2.98. The molecule has 3 amide bonds. The molecule has 3 aliphatic heterocycles. The number of ether oxygens (including phenoxy) is 1. The number of imide groups is 1. The average molecular weight is 511 g/mol. The highest BCUT2D eigenvalue weighted by Crippen LogP contribution is 2.80. The fourth-order valence-electron chi connectivity index (χ4n) is 6.30. The van der Waals surface area contributed by atoms with Gasteiger partial charge in [0, 0.05) is 16.6 Å². The molecule has 0 bridgehead atoms. The second-order valence-corrected chi connectivity index (χ2v) is 9.75. The third-order valence-corrected chi connectivity index (χ3v) is 7.94. The van der Waals surface area contributed by atoms with E-state index in [0.717, 1.165) is 17.0 Å². The number of hydrogen-bond donors (Lipinski definition) is 0. The van der Waals surface area contributed by atoms with E-state index in [0.29, 0.717) is 0 Å². The van der Waals surface area contributed by atoms with Gasteiger partial charge in [0.1, 0.15) is 10.8 Å². The number of piperidine rings is 2. The van der Waals surface area contributed by atoms with Crippen LogP contribution in [0.5, 0.6) is 0 Å². The number of alkyl halides is 3. The van der Waals surface area contributed by atoms with Crippen molar-refractivity contribution in [3.05, 3.63) is 63.6 Å². The third-order valence-electron chi connectivity index (χ3n) is 7.51. The van der Waals surface area contributed by atoms with Crippen LogP contribution in [0.25, 0.3) is 0 Å². The van der Waals surface area contributed by atoms with E-state index in [4.69, 9.17) is 27.9 Å². The number of halogens is 5. The van der Waals surface area contributed by atoms with Crippen molar-refractivity contribution < 1.29 is 32.3 Å². The van der Waals surface area contributed by atoms with Crippen molar-refractivity contribution >= 4 is 46.6 Å². The highest BCUT2D eigenvalue weighted by molar-refractivity contribution is 6.37. The van der Waals surface area contributed by atoms with Gasteiger partial charge < -0.3 is 9.64 Å². The summed E-state index contributed by atoms with van der Waals surface area (Å²) < 4.78 is 45.0. The van der Waals surface area contributed by atoms with E-state index in [1.807, 2.05) is 0 Å². The Bertz CT molecular complexity index is 1260. The summed E-state index contributed by atoms with van der Waals surface area (Å²) in [5, 5.41) is 0.445. The highest BCUT2D eigenvalue weighted by atomic mass is 35.5. The van der Waals surface area contributed by atoms with Gasteiger partial charge in [-0.05, 0) is 35.9 Å². The fourth-order valence-corrected chi connectivity index (χ4v) is 6.81. The molecule has 6 nitrogen and oxygen atoms in total. The first-order valence-corrected chi connectivity index (χ1v) is 11.2. The average Bonchev–Trinajstić information content (AvgIpc) is 3.27. The number of carbonyl (C=O) groups excluding carboxylic acids is 3. The van der Waals surface area contributed by atoms with Gasteiger partial charge in [0.2, 0.25) is 17.7 Å². The Balaban J connectivity index is 1.51. The molecule has 3 heterocycles. The second-order valence-electron chi connectivity index (χ2n) is 8.88. The maximum Gasteiger partial charge on any atom is 0.416 e. The van der Waals surface area contributed by atoms with Crippen molar-refractivity contribution in [3.8, 4) is 0 Å². The van der Waals surface area contributed by atoms with Crippen molar-refractivity contribution in [1.29, 1.82) is 0 Å². The Morgan fingerprint density at radius 3 is 2.24 bits per heavy atom. The quantitative estimate of drug-likeness (QED) is 0.578. The molecule has 4 atom stereocenters. The normalized spacial score (nSPS) is 32.1. The minimum Gasteiger partial charge on any atom is -0.377 e. The van der Waals surface area contributed by atoms with E-state index >= 15 is 0 Å². The summed E-state index contributed by atoms with van der Waals surface area (Å²) in [6.07, 6.45) is -4.56. The molecule has 6 rings (SSSR count). The zero-order valence-electron chi connectivity index (χ0n) is 17.2. The number of amides is 3. The minimum atomic E-state index is -4.56. The van der Waals surface area contributed by atoms with Crippen LogP contribution in [0.1, 0.15) is 11.1 Å². The Morgan fingerprint density at radius 1 is 0.971 bits per heavy atom. The van der Waals surface area contributed by atoms with Crippen LogP contribution in [0.4, 0.5) is 18.9 Å². The first-order chi connectivity index (χ1) is 16.1. The number of anilines is 1. The number of morpholine rings is 1. The zero-order chi connectivity index (χ0) is 24.2. The van der Waals surface area contributed by atoms with Gasteiger partial charge in [-0.1, -0.05) is 35.3 Å². The van der Waals surface area contributed by atoms with Crippen LogP contribution in [0, 0.1) is 11.3 Å². The van der Waals surface area contributed by atoms with Crippen LogP contribution in [-0.4, -0.2) is 48.4 Å². The molecule has 2 unspecified atom stereocenters. The van der Waals surface area contributed by atoms with Gasteiger partial charge in [-0.15, -0.1) is 0 Å². The molecule has 1 aliphatic carbocycles. The molecule has 4 fully saturated rings. The summed E-state index contributed by atoms with van der Waals surface area (Å²) in [7, 11) is 0. The Labute approximate surface area is 201 Å². The molecule has 3 saturated heterocycles. The van der Waals surface area contributed by atoms with Gasteiger partial charge in [-0.2, -0.15) is 13.2 Å². The number of carbonyl (C=O) groups is 3. The van der Waals surface area contributed by atoms with Crippen molar-refractivity contribution in [2.75, 3.05) is 24.7 Å². The summed E-state index contributed by atoms with van der Waals surface area (Å²) in [5.41, 5.74) is -3.53. The molecule has 2 aromatic carbocycles. The summed E-state index contributed by atoms with van der Waals surface area (Å²) >= 11 is 12.2. The van der Waals surface area contributed by atoms with Crippen LogP contribution < -0.4 is 4.90 Å². The lowest BCUT2D eigenvalue weighted by atomic mass is 9.83. The first kappa shape index (κ1) is 21.9. The predicted molar refractivity (Wildman–Crippen MR) is 114 cm³/mol. The minimum absolute atomic E-state index is 0.0494. The SMILES string of the molecule is O=C1C2[C@]3(C(=O)N1c1cc(Cl)cc(Cl)c1)C1COCCN1C(=O)[C@]23c1ccc(C(F)(F)F)cc1. The van der Waals surface area contributed by atoms with Crippen LogP contribution in [0.15, 0.2) is 42.5 Å². The van der Waals surface area contributed by atoms with Gasteiger partial charge in [-0.25, -0.2) is 4.90 Å². The molecule has 176 valence electrons. The molecular weight excluding hydrogens is 496 g/mol. The van der Waals surface area contributed by atoms with Crippen molar-refractivity contribution in [2.24, 2.45) is 11.3 Å². The zero-order valence-corrected chi connectivity index (χ0v) is 18.7. The molecule has 11 heteroatoms. The van der Waals surface area contributed by atoms with Crippen LogP contribution in [-0.2, 0) is 30.7 Å². The lowest BCUT2D eigenvalue weighted by Crippen LogP contribution is -2.51. The summed E-state index contributed by atoms with van der Waals surface area (Å²) in [4.78, 5) is 43.9. The lowest BCUT2D eigenvalue weighted by molar-refractivity contribution is -0.140. The maximum absolute atomic E-state index is 14.0. The first-order valence-electron chi connectivity index (χ1n) is 10.5. The summed E-state index contributed by atoms with van der Waals surface area (Å²) in [5.74, 6) is -2.71. The summed E-state index contributed by atoms with van der Waals surface area (Å²) in [6, 6.07) is 7.73. The van der Waals surface area contributed by atoms with E-state index in [2.05, 4.69) is 0 Å². The number of rotatable bonds is 2. The van der Waals surface area contributed by atoms with Crippen molar-refractivity contribution in [1.82, 2.24) is 4.90 Å². The number of fused-ring (bicyclic) bond motifs is 2. The van der Waals surface area contributed by atoms with Gasteiger partial charge in [0.25, 0.3) is 0 Å². The molecule has 34 heavy (non-hydrogen) atoms. The van der Waals surface area contributed by atoms with Crippen LogP contribution in [0.2, 0.25) is 10.0 Å². The topological polar surface area (TPSA) is 66.9 Å². The number of hydrogen-bond acceptors (Lipinski definition) is 4. The molecule has 2 aromatic rings. The predicted octanol–water partition coefficient (Wildman–Crippen LogP) is 3.68. The van der Waals surface area contributed by atoms with E-state index in [1.165, 1.54) is 35.2 Å². The molecule has 4 aliphatic rings. The smallest absolute Gasteiger partial charge is 0.377 e. The van der Waals surface area contributed by atoms with Gasteiger partial charge in [0.05, 0.1) is 36.4 Å². The maximum atomic E-state index is 14.0. The van der Waals surface area contributed by atoms with Crippen molar-refractivity contribution in [2.45, 2.75) is 17.6 Å². The molecule has 1 saturated carbocycles. The van der Waals surface area contributed by atoms with E-state index in [1.54, 1.807) is 0 Å². The van der Waals surface area contributed by atoms with Gasteiger partial charge in [0.15, 0.2) is 0 Å². The standard InChI is InChI=1S/C23H15Cl2F3N2O4/c24-13-7-14(25)9-15(8-13)30-18(31)17-21(11-1-3-12(4-2-11)23(26,27)28)19(32)29-5-6-34-10-16(29)22(17,21)20(30)33/h1-4,7-9,16-17H,5-6,10H2/t16?,17?,21-,22-/m0/s1. The molecule has 0 N–H and O–H groups in total. The van der Waals surface area contributed by atoms with Crippen molar-refractivity contribution in [3.63, 3.8) is 0 Å². The van der Waals surface area contributed by atoms with Gasteiger partial charge >= 0.3 is 6.18 Å². The Hall–Kier alpha value is -2.62. The van der Waals surface area contributed by atoms with Crippen LogP contribution >= 0.6 is 23.2 Å². The fraction of sp³-hybridized carbons (Fsp3) is 0.348. The lowest BCUT2D eigenvalue weighted by Gasteiger charge is -2.34. The van der Waals surface area contributed by atoms with E-state index in [-0.39, 0.29) is 41.1 Å². The third kappa shape index (κ3) is 2.40. The Morgan fingerprint density at radius 2 is 1.62 bits per heavy atom. The number of nitrogens with zero attached hydrogens (tertiary/aromatic N) is 2. The number of benzene rings is 2. The molecule has 0 aromatic heterocycles. The second kappa shape index (κ2) is 6.74. The van der Waals surface area contributed by atoms with Crippen LogP contribution in [0.3, 0.4) is 0 Å². The summed E-state index contributed by atoms with van der Waals surface area (Å²) in [6.45, 7) is 0.542. The molecule has 0 radical (unpaired) electrons.